The summed E-state index contributed by atoms with van der Waals surface area (Å²) in [7, 11) is 0. The highest BCUT2D eigenvalue weighted by atomic mass is 16.3. The van der Waals surface area contributed by atoms with E-state index in [0.717, 1.165) is 16.5 Å². The molecule has 4 aromatic carbocycles. The molecule has 8 heteroatoms. The minimum absolute atomic E-state index is 0.0211. The monoisotopic (exact) mass is 619 g/mol. The molecule has 2 heterocycles. The lowest BCUT2D eigenvalue weighted by molar-refractivity contribution is 0.432. The lowest BCUT2D eigenvalue weighted by atomic mass is 9.96. The van der Waals surface area contributed by atoms with Gasteiger partial charge in [-0.1, -0.05) is 65.8 Å². The molecular formula is C38H41N3O5. The summed E-state index contributed by atoms with van der Waals surface area (Å²) in [5, 5.41) is 52.1. The van der Waals surface area contributed by atoms with Crippen molar-refractivity contribution in [2.45, 2.75) is 53.4 Å². The zero-order chi connectivity index (χ0) is 33.7. The van der Waals surface area contributed by atoms with Crippen LogP contribution < -0.4 is 5.73 Å². The molecule has 46 heavy (non-hydrogen) atoms. The molecule has 0 aliphatic heterocycles. The van der Waals surface area contributed by atoms with Gasteiger partial charge in [-0.3, -0.25) is 4.98 Å². The summed E-state index contributed by atoms with van der Waals surface area (Å²) >= 11 is 0. The van der Waals surface area contributed by atoms with Crippen molar-refractivity contribution in [2.75, 3.05) is 5.73 Å². The van der Waals surface area contributed by atoms with Crippen LogP contribution in [0.15, 0.2) is 85.1 Å². The highest BCUT2D eigenvalue weighted by Crippen LogP contribution is 2.40. The summed E-state index contributed by atoms with van der Waals surface area (Å²) < 4.78 is 0. The first-order valence-electron chi connectivity index (χ1n) is 15.3. The van der Waals surface area contributed by atoms with Gasteiger partial charge < -0.3 is 31.3 Å². The van der Waals surface area contributed by atoms with Gasteiger partial charge in [0.25, 0.3) is 0 Å². The Bertz CT molecular complexity index is 1960. The first-order valence-corrected chi connectivity index (χ1v) is 15.3. The average molecular weight is 620 g/mol. The predicted octanol–water partition coefficient (Wildman–Crippen LogP) is 9.19. The van der Waals surface area contributed by atoms with Gasteiger partial charge in [-0.2, -0.15) is 0 Å². The Hall–Kier alpha value is -5.50. The molecule has 7 N–H and O–H groups in total. The van der Waals surface area contributed by atoms with Crippen LogP contribution >= 0.6 is 0 Å². The maximum Gasteiger partial charge on any atom is 0.124 e. The Kier molecular flexibility index (Phi) is 10.2. The van der Waals surface area contributed by atoms with E-state index in [4.69, 9.17) is 5.73 Å². The second kappa shape index (κ2) is 14.1. The summed E-state index contributed by atoms with van der Waals surface area (Å²) in [6.07, 6.45) is 1.66. The summed E-state index contributed by atoms with van der Waals surface area (Å²) in [6, 6.07) is 22.8. The van der Waals surface area contributed by atoms with Crippen molar-refractivity contribution in [1.82, 2.24) is 9.97 Å². The zero-order valence-electron chi connectivity index (χ0n) is 26.9. The molecule has 0 spiro atoms. The number of hydrogen-bond donors (Lipinski definition) is 6. The van der Waals surface area contributed by atoms with Crippen LogP contribution in [0.5, 0.6) is 28.7 Å². The van der Waals surface area contributed by atoms with E-state index < -0.39 is 0 Å². The van der Waals surface area contributed by atoms with Crippen molar-refractivity contribution in [3.05, 3.63) is 96.2 Å². The third-order valence-electron chi connectivity index (χ3n) is 7.51. The maximum absolute atomic E-state index is 10.2. The summed E-state index contributed by atoms with van der Waals surface area (Å²) in [4.78, 5) is 8.87. The first-order chi connectivity index (χ1) is 21.9. The molecule has 0 fully saturated rings. The fraction of sp³-hybridized carbons (Fsp3) is 0.211. The molecular weight excluding hydrogens is 578 g/mol. The Balaban J connectivity index is 0.000000198. The molecule has 2 aromatic heterocycles. The minimum Gasteiger partial charge on any atom is -0.507 e. The van der Waals surface area contributed by atoms with E-state index in [-0.39, 0.29) is 40.6 Å². The van der Waals surface area contributed by atoms with Crippen molar-refractivity contribution in [2.24, 2.45) is 0 Å². The van der Waals surface area contributed by atoms with Gasteiger partial charge in [-0.25, -0.2) is 4.98 Å². The van der Waals surface area contributed by atoms with E-state index in [1.165, 1.54) is 0 Å². The van der Waals surface area contributed by atoms with E-state index in [1.807, 2.05) is 71.9 Å². The molecule has 0 saturated heterocycles. The van der Waals surface area contributed by atoms with Gasteiger partial charge in [0.2, 0.25) is 0 Å². The number of phenolic OH excluding ortho intramolecular Hbond substituents is 5. The van der Waals surface area contributed by atoms with Gasteiger partial charge in [0, 0.05) is 44.9 Å². The quantitative estimate of drug-likeness (QED) is 0.114. The largest absolute Gasteiger partial charge is 0.507 e. The van der Waals surface area contributed by atoms with Gasteiger partial charge in [-0.05, 0) is 72.0 Å². The maximum atomic E-state index is 10.2. The highest BCUT2D eigenvalue weighted by molar-refractivity contribution is 5.93. The number of fused-ring (bicyclic) bond motifs is 2. The van der Waals surface area contributed by atoms with Gasteiger partial charge in [0.15, 0.2) is 0 Å². The van der Waals surface area contributed by atoms with E-state index in [2.05, 4.69) is 9.97 Å². The second-order valence-corrected chi connectivity index (χ2v) is 11.3. The SMILES string of the molecule is CC.CC(C)c1c(O)cc(-c2cc(N)c3ccccc3n2)cc1O.CC(C)c1c(O)cc(-c2cnc3cccc(O)c3c2)cc1O. The summed E-state index contributed by atoms with van der Waals surface area (Å²) in [5.74, 6) is 0.456. The smallest absolute Gasteiger partial charge is 0.124 e. The van der Waals surface area contributed by atoms with Crippen LogP contribution in [0.3, 0.4) is 0 Å². The molecule has 0 bridgehead atoms. The fourth-order valence-corrected chi connectivity index (χ4v) is 5.39. The number of nitrogens with zero attached hydrogens (tertiary/aromatic N) is 2. The molecule has 0 radical (unpaired) electrons. The topological polar surface area (TPSA) is 153 Å². The van der Waals surface area contributed by atoms with Crippen molar-refractivity contribution in [1.29, 1.82) is 0 Å². The number of nitrogens with two attached hydrogens (primary N) is 1. The van der Waals surface area contributed by atoms with Crippen molar-refractivity contribution in [3.63, 3.8) is 0 Å². The molecule has 8 nitrogen and oxygen atoms in total. The molecule has 6 aromatic rings. The lowest BCUT2D eigenvalue weighted by Gasteiger charge is -2.13. The van der Waals surface area contributed by atoms with Crippen LogP contribution in [0, 0.1) is 0 Å². The van der Waals surface area contributed by atoms with Crippen molar-refractivity contribution >= 4 is 27.5 Å². The molecule has 0 saturated carbocycles. The molecule has 0 atom stereocenters. The Labute approximate surface area is 269 Å². The fourth-order valence-electron chi connectivity index (χ4n) is 5.39. The third-order valence-corrected chi connectivity index (χ3v) is 7.51. The number of anilines is 1. The Morgan fingerprint density at radius 3 is 1.63 bits per heavy atom. The zero-order valence-corrected chi connectivity index (χ0v) is 26.9. The number of pyridine rings is 2. The van der Waals surface area contributed by atoms with Gasteiger partial charge in [0.1, 0.15) is 28.7 Å². The second-order valence-electron chi connectivity index (χ2n) is 11.3. The molecule has 6 rings (SSSR count). The van der Waals surface area contributed by atoms with Crippen molar-refractivity contribution in [3.8, 4) is 51.1 Å². The number of nitrogen functional groups attached to an aromatic ring is 1. The van der Waals surface area contributed by atoms with Crippen molar-refractivity contribution < 1.29 is 25.5 Å². The highest BCUT2D eigenvalue weighted by Gasteiger charge is 2.16. The van der Waals surface area contributed by atoms with Crippen LogP contribution in [0.1, 0.15) is 64.5 Å². The van der Waals surface area contributed by atoms with Crippen LogP contribution in [-0.4, -0.2) is 35.5 Å². The number of hydrogen-bond acceptors (Lipinski definition) is 8. The normalized spacial score (nSPS) is 10.9. The third kappa shape index (κ3) is 6.91. The van der Waals surface area contributed by atoms with Gasteiger partial charge in [0.05, 0.1) is 16.7 Å². The van der Waals surface area contributed by atoms with E-state index in [0.29, 0.717) is 44.5 Å². The van der Waals surface area contributed by atoms with Crippen LogP contribution in [0.2, 0.25) is 0 Å². The number of phenols is 5. The van der Waals surface area contributed by atoms with E-state index in [1.54, 1.807) is 54.7 Å². The molecule has 0 aliphatic carbocycles. The molecule has 0 unspecified atom stereocenters. The Morgan fingerprint density at radius 2 is 1.07 bits per heavy atom. The molecule has 238 valence electrons. The van der Waals surface area contributed by atoms with E-state index in [9.17, 15) is 25.5 Å². The first kappa shape index (κ1) is 33.4. The average Bonchev–Trinajstić information content (AvgIpc) is 3.01. The number of aromatic hydroxyl groups is 5. The summed E-state index contributed by atoms with van der Waals surface area (Å²) in [6.45, 7) is 11.6. The van der Waals surface area contributed by atoms with E-state index >= 15 is 0 Å². The predicted molar refractivity (Wildman–Crippen MR) is 187 cm³/mol. The van der Waals surface area contributed by atoms with Crippen LogP contribution in [-0.2, 0) is 0 Å². The number of benzene rings is 4. The summed E-state index contributed by atoms with van der Waals surface area (Å²) in [5.41, 5.74) is 11.9. The Morgan fingerprint density at radius 1 is 0.543 bits per heavy atom. The van der Waals surface area contributed by atoms with Crippen LogP contribution in [0.4, 0.5) is 5.69 Å². The number of rotatable bonds is 4. The van der Waals surface area contributed by atoms with Gasteiger partial charge >= 0.3 is 0 Å². The van der Waals surface area contributed by atoms with Gasteiger partial charge in [-0.15, -0.1) is 0 Å². The standard InChI is InChI=1S/C18H18N2O2.C18H17NO3.C2H6/c1-10(2)18-16(21)7-11(8-17(18)22)15-9-13(19)12-5-3-4-6-14(12)20-15;1-10(2)18-16(21)7-11(8-17(18)22)12-6-13-14(19-9-12)4-3-5-15(13)20;1-2/h3-10,21-22H,1-2H3,(H2,19,20);3-10,20-22H,1-2H3;1-2H3. The number of aromatic nitrogens is 2. The van der Waals surface area contributed by atoms with Crippen LogP contribution in [0.25, 0.3) is 44.2 Å². The minimum atomic E-state index is 0.0211. The molecule has 0 aliphatic rings. The number of para-hydroxylation sites is 1. The molecule has 0 amide bonds. The lowest BCUT2D eigenvalue weighted by Crippen LogP contribution is -1.94.